The molecule has 8 heteroatoms. The molecule has 160 valence electrons. The second-order valence-corrected chi connectivity index (χ2v) is 7.29. The third kappa shape index (κ3) is 6.16. The molecule has 3 aromatic rings. The van der Waals surface area contributed by atoms with Crippen molar-refractivity contribution in [1.82, 2.24) is 10.6 Å². The first-order valence-corrected chi connectivity index (χ1v) is 10.1. The first kappa shape index (κ1) is 22.0. The summed E-state index contributed by atoms with van der Waals surface area (Å²) in [6.45, 7) is 4.03. The predicted molar refractivity (Wildman–Crippen MR) is 122 cm³/mol. The second kappa shape index (κ2) is 10.4. The molecule has 3 N–H and O–H groups in total. The van der Waals surface area contributed by atoms with Crippen molar-refractivity contribution >= 4 is 34.8 Å². The van der Waals surface area contributed by atoms with Gasteiger partial charge in [0.15, 0.2) is 5.11 Å². The Morgan fingerprint density at radius 3 is 2.39 bits per heavy atom. The van der Waals surface area contributed by atoms with E-state index in [4.69, 9.17) is 21.4 Å². The van der Waals surface area contributed by atoms with Gasteiger partial charge >= 0.3 is 0 Å². The number of thiocarbonyl (C=S) groups is 1. The van der Waals surface area contributed by atoms with Crippen LogP contribution in [0.15, 0.2) is 71.3 Å². The average Bonchev–Trinajstić information content (AvgIpc) is 3.26. The molecule has 0 saturated carbocycles. The minimum Gasteiger partial charge on any atom is -0.490 e. The van der Waals surface area contributed by atoms with Crippen molar-refractivity contribution in [1.29, 1.82) is 0 Å². The monoisotopic (exact) mass is 437 g/mol. The van der Waals surface area contributed by atoms with Gasteiger partial charge in [-0.3, -0.25) is 14.9 Å². The average molecular weight is 438 g/mol. The number of carbonyl (C=O) groups excluding carboxylic acids is 2. The molecule has 31 heavy (non-hydrogen) atoms. The van der Waals surface area contributed by atoms with Crippen LogP contribution in [0.3, 0.4) is 0 Å². The van der Waals surface area contributed by atoms with Crippen LogP contribution in [0.2, 0.25) is 0 Å². The Kier molecular flexibility index (Phi) is 7.40. The summed E-state index contributed by atoms with van der Waals surface area (Å²) in [4.78, 5) is 25.3. The maximum absolute atomic E-state index is 12.7. The SMILES string of the molecule is CC(C)Oc1ccccc1C(=O)NC(=S)Nc1ccccc1C(=O)NCc1ccco1. The summed E-state index contributed by atoms with van der Waals surface area (Å²) in [7, 11) is 0. The number of carbonyl (C=O) groups is 2. The van der Waals surface area contributed by atoms with Crippen molar-refractivity contribution in [3.63, 3.8) is 0 Å². The third-order valence-corrected chi connectivity index (χ3v) is 4.35. The molecule has 0 aliphatic rings. The quantitative estimate of drug-likeness (QED) is 0.482. The fourth-order valence-electron chi connectivity index (χ4n) is 2.80. The zero-order valence-corrected chi connectivity index (χ0v) is 18.0. The highest BCUT2D eigenvalue weighted by molar-refractivity contribution is 7.80. The zero-order chi connectivity index (χ0) is 22.2. The molecular formula is C23H23N3O4S. The van der Waals surface area contributed by atoms with E-state index in [-0.39, 0.29) is 23.7 Å². The molecule has 0 spiro atoms. The number of ether oxygens (including phenoxy) is 1. The van der Waals surface area contributed by atoms with E-state index in [1.54, 1.807) is 66.9 Å². The highest BCUT2D eigenvalue weighted by Gasteiger charge is 2.16. The Morgan fingerprint density at radius 1 is 0.968 bits per heavy atom. The van der Waals surface area contributed by atoms with Crippen LogP contribution in [-0.4, -0.2) is 23.0 Å². The van der Waals surface area contributed by atoms with E-state index >= 15 is 0 Å². The molecule has 0 aliphatic carbocycles. The zero-order valence-electron chi connectivity index (χ0n) is 17.2. The third-order valence-electron chi connectivity index (χ3n) is 4.14. The summed E-state index contributed by atoms with van der Waals surface area (Å²) in [5.74, 6) is 0.400. The van der Waals surface area contributed by atoms with Crippen molar-refractivity contribution in [2.45, 2.75) is 26.5 Å². The normalized spacial score (nSPS) is 10.4. The van der Waals surface area contributed by atoms with E-state index < -0.39 is 5.91 Å². The molecule has 0 aliphatic heterocycles. The molecule has 0 saturated heterocycles. The number of hydrogen-bond acceptors (Lipinski definition) is 5. The van der Waals surface area contributed by atoms with Gasteiger partial charge in [-0.1, -0.05) is 24.3 Å². The van der Waals surface area contributed by atoms with Gasteiger partial charge in [0.2, 0.25) is 0 Å². The van der Waals surface area contributed by atoms with E-state index in [0.29, 0.717) is 28.3 Å². The van der Waals surface area contributed by atoms with Gasteiger partial charge in [-0.15, -0.1) is 0 Å². The molecule has 3 rings (SSSR count). The fourth-order valence-corrected chi connectivity index (χ4v) is 3.00. The van der Waals surface area contributed by atoms with Crippen molar-refractivity contribution in [3.8, 4) is 5.75 Å². The fraction of sp³-hybridized carbons (Fsp3) is 0.174. The van der Waals surface area contributed by atoms with Gasteiger partial charge in [0.25, 0.3) is 11.8 Å². The van der Waals surface area contributed by atoms with Gasteiger partial charge < -0.3 is 19.8 Å². The first-order valence-electron chi connectivity index (χ1n) is 9.71. The number of hydrogen-bond donors (Lipinski definition) is 3. The predicted octanol–water partition coefficient (Wildman–Crippen LogP) is 4.12. The Hall–Kier alpha value is -3.65. The summed E-state index contributed by atoms with van der Waals surface area (Å²) in [6.07, 6.45) is 1.47. The summed E-state index contributed by atoms with van der Waals surface area (Å²) >= 11 is 5.29. The standard InChI is InChI=1S/C23H23N3O4S/c1-15(2)30-20-12-6-4-10-18(20)22(28)26-23(31)25-19-11-5-3-9-17(19)21(27)24-14-16-8-7-13-29-16/h3-13,15H,14H2,1-2H3,(H,24,27)(H2,25,26,28,31). The molecule has 0 bridgehead atoms. The molecule has 0 radical (unpaired) electrons. The van der Waals surface area contributed by atoms with E-state index in [2.05, 4.69) is 16.0 Å². The lowest BCUT2D eigenvalue weighted by atomic mass is 10.1. The topological polar surface area (TPSA) is 92.6 Å². The molecule has 7 nitrogen and oxygen atoms in total. The lowest BCUT2D eigenvalue weighted by molar-refractivity contribution is 0.0946. The molecule has 0 unspecified atom stereocenters. The van der Waals surface area contributed by atoms with Crippen LogP contribution in [-0.2, 0) is 6.54 Å². The van der Waals surface area contributed by atoms with E-state index in [0.717, 1.165) is 0 Å². The van der Waals surface area contributed by atoms with Crippen LogP contribution >= 0.6 is 12.2 Å². The van der Waals surface area contributed by atoms with Gasteiger partial charge in [-0.2, -0.15) is 0 Å². The highest BCUT2D eigenvalue weighted by Crippen LogP contribution is 2.20. The lowest BCUT2D eigenvalue weighted by Crippen LogP contribution is -2.35. The van der Waals surface area contributed by atoms with Crippen molar-refractivity contribution in [2.24, 2.45) is 0 Å². The summed E-state index contributed by atoms with van der Waals surface area (Å²) in [5.41, 5.74) is 1.22. The molecule has 0 fully saturated rings. The number of anilines is 1. The Morgan fingerprint density at radius 2 is 1.68 bits per heavy atom. The van der Waals surface area contributed by atoms with Crippen molar-refractivity contribution in [2.75, 3.05) is 5.32 Å². The van der Waals surface area contributed by atoms with Crippen LogP contribution in [0, 0.1) is 0 Å². The van der Waals surface area contributed by atoms with Gasteiger partial charge in [-0.25, -0.2) is 0 Å². The van der Waals surface area contributed by atoms with Crippen LogP contribution in [0.5, 0.6) is 5.75 Å². The minimum atomic E-state index is -0.409. The first-order chi connectivity index (χ1) is 14.9. The van der Waals surface area contributed by atoms with Gasteiger partial charge in [0.05, 0.1) is 35.7 Å². The smallest absolute Gasteiger partial charge is 0.261 e. The van der Waals surface area contributed by atoms with Crippen molar-refractivity contribution in [3.05, 3.63) is 83.8 Å². The van der Waals surface area contributed by atoms with Crippen molar-refractivity contribution < 1.29 is 18.7 Å². The van der Waals surface area contributed by atoms with E-state index in [9.17, 15) is 9.59 Å². The Labute approximate surface area is 185 Å². The van der Waals surface area contributed by atoms with E-state index in [1.807, 2.05) is 13.8 Å². The Balaban J connectivity index is 1.66. The molecule has 2 amide bonds. The van der Waals surface area contributed by atoms with Crippen LogP contribution in [0.1, 0.15) is 40.3 Å². The number of benzene rings is 2. The van der Waals surface area contributed by atoms with Gasteiger partial charge in [0, 0.05) is 0 Å². The van der Waals surface area contributed by atoms with E-state index in [1.165, 1.54) is 0 Å². The van der Waals surface area contributed by atoms with Crippen LogP contribution in [0.25, 0.3) is 0 Å². The number of furan rings is 1. The van der Waals surface area contributed by atoms with Crippen LogP contribution in [0.4, 0.5) is 5.69 Å². The summed E-state index contributed by atoms with van der Waals surface area (Å²) < 4.78 is 10.9. The maximum Gasteiger partial charge on any atom is 0.261 e. The number of rotatable bonds is 7. The summed E-state index contributed by atoms with van der Waals surface area (Å²) in [5, 5.41) is 8.41. The number of para-hydroxylation sites is 2. The van der Waals surface area contributed by atoms with Gasteiger partial charge in [0.1, 0.15) is 11.5 Å². The number of amides is 2. The van der Waals surface area contributed by atoms with Gasteiger partial charge in [-0.05, 0) is 62.5 Å². The highest BCUT2D eigenvalue weighted by atomic mass is 32.1. The molecule has 1 aromatic heterocycles. The lowest BCUT2D eigenvalue weighted by Gasteiger charge is -2.16. The van der Waals surface area contributed by atoms with Crippen LogP contribution < -0.4 is 20.7 Å². The number of nitrogens with one attached hydrogen (secondary N) is 3. The largest absolute Gasteiger partial charge is 0.490 e. The molecule has 0 atom stereocenters. The summed E-state index contributed by atoms with van der Waals surface area (Å²) in [6, 6.07) is 17.3. The molecular weight excluding hydrogens is 414 g/mol. The maximum atomic E-state index is 12.7. The second-order valence-electron chi connectivity index (χ2n) is 6.88. The minimum absolute atomic E-state index is 0.0654. The molecule has 2 aromatic carbocycles. The molecule has 1 heterocycles. The Bertz CT molecular complexity index is 1060.